The zero-order valence-corrected chi connectivity index (χ0v) is 8.00. The molecule has 5 heteroatoms. The summed E-state index contributed by atoms with van der Waals surface area (Å²) in [5, 5.41) is 18.2. The number of carbonyl (C=O) groups is 1. The maximum atomic E-state index is 11.1. The molecule has 0 radical (unpaired) electrons. The van der Waals surface area contributed by atoms with E-state index >= 15 is 0 Å². The van der Waals surface area contributed by atoms with Crippen LogP contribution in [0, 0.1) is 0 Å². The number of hydrogen-bond donors (Lipinski definition) is 2. The van der Waals surface area contributed by atoms with Gasteiger partial charge in [-0.2, -0.15) is 0 Å². The Kier molecular flexibility index (Phi) is 2.86. The molecule has 3 atom stereocenters. The maximum Gasteiger partial charge on any atom is 0.336 e. The van der Waals surface area contributed by atoms with Crippen LogP contribution in [-0.2, 0) is 14.3 Å². The number of hydrogen-bond acceptors (Lipinski definition) is 5. The number of ether oxygens (including phenoxy) is 2. The van der Waals surface area contributed by atoms with Crippen molar-refractivity contribution in [2.24, 2.45) is 0 Å². The Morgan fingerprint density at radius 3 is 3.13 bits per heavy atom. The molecule has 0 aromatic heterocycles. The first-order valence-corrected chi connectivity index (χ1v) is 4.72. The van der Waals surface area contributed by atoms with Crippen LogP contribution in [-0.4, -0.2) is 47.7 Å². The summed E-state index contributed by atoms with van der Waals surface area (Å²) >= 11 is 0. The van der Waals surface area contributed by atoms with Gasteiger partial charge in [0.25, 0.3) is 0 Å². The molecule has 82 valence electrons. The molecule has 0 spiro atoms. The predicted molar refractivity (Wildman–Crippen MR) is 49.9 cm³/mol. The Bertz CT molecular complexity index is 320. The van der Waals surface area contributed by atoms with E-state index in [1.807, 2.05) is 0 Å². The molecule has 2 N–H and O–H groups in total. The van der Waals surface area contributed by atoms with Crippen molar-refractivity contribution < 1.29 is 24.5 Å². The van der Waals surface area contributed by atoms with E-state index < -0.39 is 24.3 Å². The Balaban J connectivity index is 2.14. The summed E-state index contributed by atoms with van der Waals surface area (Å²) in [6.45, 7) is 0.0874. The fourth-order valence-corrected chi connectivity index (χ4v) is 1.65. The summed E-state index contributed by atoms with van der Waals surface area (Å²) in [6, 6.07) is 0. The zero-order valence-electron chi connectivity index (χ0n) is 8.00. The third-order valence-electron chi connectivity index (χ3n) is 2.39. The highest BCUT2D eigenvalue weighted by atomic mass is 16.6. The number of fused-ring (bicyclic) bond motifs is 1. The summed E-state index contributed by atoms with van der Waals surface area (Å²) in [6.07, 6.45) is 2.72. The van der Waals surface area contributed by atoms with Crippen molar-refractivity contribution in [3.8, 4) is 0 Å². The maximum absolute atomic E-state index is 11.1. The van der Waals surface area contributed by atoms with Crippen LogP contribution >= 0.6 is 0 Å². The van der Waals surface area contributed by atoms with Gasteiger partial charge in [0, 0.05) is 0 Å². The summed E-state index contributed by atoms with van der Waals surface area (Å²) < 4.78 is 10.2. The number of carbonyl (C=O) groups excluding carboxylic acids is 1. The van der Waals surface area contributed by atoms with E-state index in [1.54, 1.807) is 6.08 Å². The third kappa shape index (κ3) is 1.94. The lowest BCUT2D eigenvalue weighted by Gasteiger charge is -2.26. The van der Waals surface area contributed by atoms with Crippen LogP contribution in [0.3, 0.4) is 0 Å². The van der Waals surface area contributed by atoms with Crippen molar-refractivity contribution in [1.29, 1.82) is 0 Å². The van der Waals surface area contributed by atoms with Crippen LogP contribution < -0.4 is 0 Å². The lowest BCUT2D eigenvalue weighted by atomic mass is 10.0. The summed E-state index contributed by atoms with van der Waals surface area (Å²) in [5.74, 6) is -0.427. The van der Waals surface area contributed by atoms with Crippen LogP contribution in [0.25, 0.3) is 0 Å². The standard InChI is InChI=1S/C10H12O5/c11-3-1-2-8-7(12)4-6-9(15-8)5-14-10(6)13/h1-2,4,7-9,11-12H,3,5H2/b2-1-. The van der Waals surface area contributed by atoms with Gasteiger partial charge in [0.2, 0.25) is 0 Å². The van der Waals surface area contributed by atoms with Gasteiger partial charge in [-0.1, -0.05) is 12.2 Å². The van der Waals surface area contributed by atoms with Crippen LogP contribution in [0.2, 0.25) is 0 Å². The molecule has 5 nitrogen and oxygen atoms in total. The Hall–Kier alpha value is -1.17. The summed E-state index contributed by atoms with van der Waals surface area (Å²) in [4.78, 5) is 11.1. The first-order chi connectivity index (χ1) is 7.22. The lowest BCUT2D eigenvalue weighted by Crippen LogP contribution is -2.36. The molecule has 0 amide bonds. The number of aliphatic hydroxyl groups is 2. The van der Waals surface area contributed by atoms with Gasteiger partial charge >= 0.3 is 5.97 Å². The number of cyclic esters (lactones) is 1. The van der Waals surface area contributed by atoms with Gasteiger partial charge in [-0.05, 0) is 6.08 Å². The SMILES string of the molecule is O=C1OCC2OC(/C=C\CO)C(O)C=C12. The second-order valence-corrected chi connectivity index (χ2v) is 3.41. The van der Waals surface area contributed by atoms with Crippen LogP contribution in [0.5, 0.6) is 0 Å². The Labute approximate surface area is 86.6 Å². The van der Waals surface area contributed by atoms with Crippen molar-refractivity contribution in [3.05, 3.63) is 23.8 Å². The fraction of sp³-hybridized carbons (Fsp3) is 0.500. The molecule has 0 bridgehead atoms. The van der Waals surface area contributed by atoms with Crippen LogP contribution in [0.1, 0.15) is 0 Å². The molecule has 0 aromatic carbocycles. The van der Waals surface area contributed by atoms with E-state index in [9.17, 15) is 9.90 Å². The minimum absolute atomic E-state index is 0.108. The summed E-state index contributed by atoms with van der Waals surface area (Å²) in [7, 11) is 0. The topological polar surface area (TPSA) is 76.0 Å². The van der Waals surface area contributed by atoms with E-state index in [2.05, 4.69) is 0 Å². The second-order valence-electron chi connectivity index (χ2n) is 3.41. The van der Waals surface area contributed by atoms with E-state index in [1.165, 1.54) is 12.2 Å². The number of aliphatic hydroxyl groups excluding tert-OH is 2. The molecule has 15 heavy (non-hydrogen) atoms. The van der Waals surface area contributed by atoms with Crippen molar-refractivity contribution >= 4 is 5.97 Å². The van der Waals surface area contributed by atoms with E-state index in [-0.39, 0.29) is 13.2 Å². The molecule has 1 saturated heterocycles. The van der Waals surface area contributed by atoms with Crippen molar-refractivity contribution in [2.75, 3.05) is 13.2 Å². The van der Waals surface area contributed by atoms with Gasteiger partial charge in [-0.15, -0.1) is 0 Å². The molecule has 0 saturated carbocycles. The fourth-order valence-electron chi connectivity index (χ4n) is 1.65. The average Bonchev–Trinajstić information content (AvgIpc) is 2.57. The second kappa shape index (κ2) is 4.14. The van der Waals surface area contributed by atoms with Gasteiger partial charge in [0.1, 0.15) is 24.9 Å². The molecule has 3 unspecified atom stereocenters. The van der Waals surface area contributed by atoms with Gasteiger partial charge in [-0.3, -0.25) is 0 Å². The quantitative estimate of drug-likeness (QED) is 0.460. The molecular formula is C10H12O5. The van der Waals surface area contributed by atoms with E-state index in [0.717, 1.165) is 0 Å². The van der Waals surface area contributed by atoms with Crippen LogP contribution in [0.15, 0.2) is 23.8 Å². The largest absolute Gasteiger partial charge is 0.459 e. The minimum Gasteiger partial charge on any atom is -0.459 e. The van der Waals surface area contributed by atoms with Gasteiger partial charge in [0.05, 0.1) is 12.2 Å². The first-order valence-electron chi connectivity index (χ1n) is 4.72. The monoisotopic (exact) mass is 212 g/mol. The molecule has 1 fully saturated rings. The smallest absolute Gasteiger partial charge is 0.336 e. The lowest BCUT2D eigenvalue weighted by molar-refractivity contribution is -0.135. The normalized spacial score (nSPS) is 35.2. The average molecular weight is 212 g/mol. The molecule has 0 aromatic rings. The molecule has 2 aliphatic rings. The van der Waals surface area contributed by atoms with Crippen molar-refractivity contribution in [3.63, 3.8) is 0 Å². The summed E-state index contributed by atoms with van der Waals surface area (Å²) in [5.41, 5.74) is 0.385. The first kappa shape index (κ1) is 10.4. The molecule has 2 aliphatic heterocycles. The highest BCUT2D eigenvalue weighted by molar-refractivity contribution is 5.92. The Morgan fingerprint density at radius 2 is 2.40 bits per heavy atom. The Morgan fingerprint density at radius 1 is 1.60 bits per heavy atom. The zero-order chi connectivity index (χ0) is 10.8. The predicted octanol–water partition coefficient (Wildman–Crippen LogP) is -0.854. The molecule has 2 heterocycles. The van der Waals surface area contributed by atoms with Gasteiger partial charge in [0.15, 0.2) is 0 Å². The van der Waals surface area contributed by atoms with E-state index in [4.69, 9.17) is 14.6 Å². The molecule has 2 rings (SSSR count). The minimum atomic E-state index is -0.871. The highest BCUT2D eigenvalue weighted by Gasteiger charge is 2.38. The number of rotatable bonds is 2. The van der Waals surface area contributed by atoms with E-state index in [0.29, 0.717) is 5.57 Å². The van der Waals surface area contributed by atoms with Crippen molar-refractivity contribution in [1.82, 2.24) is 0 Å². The van der Waals surface area contributed by atoms with Gasteiger partial charge in [-0.25, -0.2) is 4.79 Å². The third-order valence-corrected chi connectivity index (χ3v) is 2.39. The molecule has 0 aliphatic carbocycles. The molecular weight excluding hydrogens is 200 g/mol. The highest BCUT2D eigenvalue weighted by Crippen LogP contribution is 2.26. The number of esters is 1. The van der Waals surface area contributed by atoms with Gasteiger partial charge < -0.3 is 19.7 Å². The van der Waals surface area contributed by atoms with Crippen LogP contribution in [0.4, 0.5) is 0 Å². The van der Waals surface area contributed by atoms with Crippen molar-refractivity contribution in [2.45, 2.75) is 18.3 Å².